The van der Waals surface area contributed by atoms with Crippen molar-refractivity contribution in [3.05, 3.63) is 29.8 Å². The quantitative estimate of drug-likeness (QED) is 0.385. The van der Waals surface area contributed by atoms with Crippen molar-refractivity contribution in [1.29, 1.82) is 0 Å². The molecule has 0 radical (unpaired) electrons. The second-order valence-corrected chi connectivity index (χ2v) is 4.67. The molecule has 22 heavy (non-hydrogen) atoms. The number of nitrogens with zero attached hydrogens (tertiary/aromatic N) is 1. The van der Waals surface area contributed by atoms with E-state index in [2.05, 4.69) is 27.9 Å². The fraction of sp³-hybridized carbons (Fsp3) is 0.500. The van der Waals surface area contributed by atoms with Crippen LogP contribution in [0.1, 0.15) is 30.6 Å². The third kappa shape index (κ3) is 6.47. The van der Waals surface area contributed by atoms with Crippen LogP contribution in [0, 0.1) is 0 Å². The maximum absolute atomic E-state index is 12.0. The van der Waals surface area contributed by atoms with E-state index in [0.717, 1.165) is 31.2 Å². The van der Waals surface area contributed by atoms with E-state index in [0.29, 0.717) is 18.7 Å². The molecule has 6 heteroatoms. The molecule has 0 unspecified atom stereocenters. The number of carbonyl (C=O) groups is 1. The first-order valence-electron chi connectivity index (χ1n) is 7.65. The minimum atomic E-state index is -0.0973. The molecule has 1 amide bonds. The van der Waals surface area contributed by atoms with E-state index in [9.17, 15) is 4.79 Å². The number of hydrogen-bond acceptors (Lipinski definition) is 3. The molecule has 0 aliphatic rings. The van der Waals surface area contributed by atoms with Crippen LogP contribution in [0.3, 0.4) is 0 Å². The number of benzene rings is 1. The third-order valence-electron chi connectivity index (χ3n) is 2.89. The molecule has 0 aliphatic carbocycles. The standard InChI is InChI=1S/C16H26N4O2/c1-4-10-19-16(17-5-2)20-12-11-18-15(21)13-6-8-14(22-3)9-7-13/h6-9H,4-5,10-12H2,1-3H3,(H,18,21)(H2,17,19,20). The Balaban J connectivity index is 2.34. The average molecular weight is 306 g/mol. The monoisotopic (exact) mass is 306 g/mol. The maximum Gasteiger partial charge on any atom is 0.251 e. The van der Waals surface area contributed by atoms with E-state index in [4.69, 9.17) is 4.74 Å². The fourth-order valence-electron chi connectivity index (χ4n) is 1.77. The van der Waals surface area contributed by atoms with E-state index in [1.54, 1.807) is 31.4 Å². The molecule has 122 valence electrons. The summed E-state index contributed by atoms with van der Waals surface area (Å²) in [6.07, 6.45) is 1.00. The highest BCUT2D eigenvalue weighted by molar-refractivity contribution is 5.94. The zero-order valence-corrected chi connectivity index (χ0v) is 13.6. The molecule has 0 aliphatic heterocycles. The Hall–Kier alpha value is -2.24. The van der Waals surface area contributed by atoms with Crippen molar-refractivity contribution >= 4 is 11.9 Å². The van der Waals surface area contributed by atoms with E-state index in [-0.39, 0.29) is 5.91 Å². The summed E-state index contributed by atoms with van der Waals surface area (Å²) in [7, 11) is 1.60. The van der Waals surface area contributed by atoms with E-state index in [1.807, 2.05) is 6.92 Å². The van der Waals surface area contributed by atoms with Gasteiger partial charge >= 0.3 is 0 Å². The molecule has 0 heterocycles. The minimum absolute atomic E-state index is 0.0973. The van der Waals surface area contributed by atoms with Gasteiger partial charge in [-0.05, 0) is 37.6 Å². The number of guanidine groups is 1. The lowest BCUT2D eigenvalue weighted by molar-refractivity contribution is 0.0954. The third-order valence-corrected chi connectivity index (χ3v) is 2.89. The van der Waals surface area contributed by atoms with E-state index < -0.39 is 0 Å². The first-order valence-corrected chi connectivity index (χ1v) is 7.65. The number of nitrogens with one attached hydrogen (secondary N) is 3. The second-order valence-electron chi connectivity index (χ2n) is 4.67. The Morgan fingerprint density at radius 1 is 1.09 bits per heavy atom. The Morgan fingerprint density at radius 3 is 2.36 bits per heavy atom. The summed E-state index contributed by atoms with van der Waals surface area (Å²) >= 11 is 0. The summed E-state index contributed by atoms with van der Waals surface area (Å²) < 4.78 is 5.07. The van der Waals surface area contributed by atoms with E-state index in [1.165, 1.54) is 0 Å². The van der Waals surface area contributed by atoms with Gasteiger partial charge in [-0.1, -0.05) is 6.92 Å². The number of methoxy groups -OCH3 is 1. The number of hydrogen-bond donors (Lipinski definition) is 3. The van der Waals surface area contributed by atoms with Crippen LogP contribution in [0.15, 0.2) is 29.3 Å². The van der Waals surface area contributed by atoms with E-state index >= 15 is 0 Å². The summed E-state index contributed by atoms with van der Waals surface area (Å²) in [6, 6.07) is 7.03. The molecule has 0 fully saturated rings. The van der Waals surface area contributed by atoms with Gasteiger partial charge in [0.25, 0.3) is 5.91 Å². The van der Waals surface area contributed by atoms with Gasteiger partial charge in [0.1, 0.15) is 5.75 Å². The molecule has 1 aromatic rings. The number of aliphatic imine (C=N–C) groups is 1. The zero-order chi connectivity index (χ0) is 16.2. The zero-order valence-electron chi connectivity index (χ0n) is 13.6. The lowest BCUT2D eigenvalue weighted by Crippen LogP contribution is -2.41. The summed E-state index contributed by atoms with van der Waals surface area (Å²) in [4.78, 5) is 16.4. The van der Waals surface area contributed by atoms with Gasteiger partial charge in [-0.15, -0.1) is 0 Å². The van der Waals surface area contributed by atoms with Gasteiger partial charge in [-0.25, -0.2) is 0 Å². The van der Waals surface area contributed by atoms with Gasteiger partial charge < -0.3 is 20.7 Å². The van der Waals surface area contributed by atoms with Crippen molar-refractivity contribution in [2.75, 3.05) is 33.3 Å². The minimum Gasteiger partial charge on any atom is -0.497 e. The highest BCUT2D eigenvalue weighted by Gasteiger charge is 2.04. The average Bonchev–Trinajstić information content (AvgIpc) is 2.56. The number of carbonyl (C=O) groups excluding carboxylic acids is 1. The first-order chi connectivity index (χ1) is 10.7. The van der Waals surface area contributed by atoms with Crippen molar-refractivity contribution in [3.63, 3.8) is 0 Å². The Kier molecular flexibility index (Phi) is 8.49. The van der Waals surface area contributed by atoms with Crippen LogP contribution in [0.5, 0.6) is 5.75 Å². The molecule has 0 bridgehead atoms. The number of amides is 1. The van der Waals surface area contributed by atoms with Gasteiger partial charge in [-0.2, -0.15) is 0 Å². The van der Waals surface area contributed by atoms with Gasteiger partial charge in [0, 0.05) is 31.7 Å². The van der Waals surface area contributed by atoms with Crippen molar-refractivity contribution in [2.45, 2.75) is 20.3 Å². The molecule has 0 saturated heterocycles. The number of ether oxygens (including phenoxy) is 1. The van der Waals surface area contributed by atoms with Crippen molar-refractivity contribution in [2.24, 2.45) is 4.99 Å². The predicted molar refractivity (Wildman–Crippen MR) is 89.6 cm³/mol. The Labute approximate surface area is 132 Å². The topological polar surface area (TPSA) is 74.8 Å². The first kappa shape index (κ1) is 17.8. The van der Waals surface area contributed by atoms with Crippen molar-refractivity contribution in [1.82, 2.24) is 16.0 Å². The SMILES string of the molecule is CCCN=C(NCC)NCCNC(=O)c1ccc(OC)cc1. The molecular formula is C16H26N4O2. The molecule has 1 aromatic carbocycles. The van der Waals surface area contributed by atoms with Crippen molar-refractivity contribution in [3.8, 4) is 5.75 Å². The maximum atomic E-state index is 12.0. The molecule has 0 aromatic heterocycles. The summed E-state index contributed by atoms with van der Waals surface area (Å²) in [5.41, 5.74) is 0.618. The largest absolute Gasteiger partial charge is 0.497 e. The smallest absolute Gasteiger partial charge is 0.251 e. The highest BCUT2D eigenvalue weighted by atomic mass is 16.5. The van der Waals surface area contributed by atoms with Crippen LogP contribution in [0.25, 0.3) is 0 Å². The fourth-order valence-corrected chi connectivity index (χ4v) is 1.77. The van der Waals surface area contributed by atoms with Gasteiger partial charge in [0.05, 0.1) is 7.11 Å². The molecule has 0 saturated carbocycles. The molecule has 6 nitrogen and oxygen atoms in total. The normalized spacial score (nSPS) is 11.0. The summed E-state index contributed by atoms with van der Waals surface area (Å²) in [5, 5.41) is 9.21. The van der Waals surface area contributed by atoms with Crippen molar-refractivity contribution < 1.29 is 9.53 Å². The predicted octanol–water partition coefficient (Wildman–Crippen LogP) is 1.39. The lowest BCUT2D eigenvalue weighted by atomic mass is 10.2. The number of rotatable bonds is 8. The van der Waals surface area contributed by atoms with Crippen LogP contribution >= 0.6 is 0 Å². The second kappa shape index (κ2) is 10.5. The molecular weight excluding hydrogens is 280 g/mol. The lowest BCUT2D eigenvalue weighted by Gasteiger charge is -2.11. The molecule has 0 atom stereocenters. The van der Waals surface area contributed by atoms with Gasteiger partial charge in [-0.3, -0.25) is 9.79 Å². The highest BCUT2D eigenvalue weighted by Crippen LogP contribution is 2.10. The molecule has 0 spiro atoms. The van der Waals surface area contributed by atoms with Gasteiger partial charge in [0.15, 0.2) is 5.96 Å². The van der Waals surface area contributed by atoms with Gasteiger partial charge in [0.2, 0.25) is 0 Å². The van der Waals surface area contributed by atoms with Crippen LogP contribution < -0.4 is 20.7 Å². The van der Waals surface area contributed by atoms with Crippen LogP contribution in [-0.2, 0) is 0 Å². The molecule has 1 rings (SSSR count). The van der Waals surface area contributed by atoms with Crippen LogP contribution in [0.4, 0.5) is 0 Å². The summed E-state index contributed by atoms with van der Waals surface area (Å²) in [6.45, 7) is 6.86. The summed E-state index contributed by atoms with van der Waals surface area (Å²) in [5.74, 6) is 1.42. The Bertz CT molecular complexity index is 472. The van der Waals surface area contributed by atoms with Crippen LogP contribution in [-0.4, -0.2) is 45.2 Å². The Morgan fingerprint density at radius 2 is 1.77 bits per heavy atom. The molecule has 3 N–H and O–H groups in total. The van der Waals surface area contributed by atoms with Crippen LogP contribution in [0.2, 0.25) is 0 Å².